The molecule has 1 fully saturated rings. The van der Waals surface area contributed by atoms with Crippen LogP contribution in [0.5, 0.6) is 17.2 Å². The number of fused-ring (bicyclic) bond motifs is 1. The molecule has 2 heterocycles. The van der Waals surface area contributed by atoms with Gasteiger partial charge in [-0.05, 0) is 55.5 Å². The van der Waals surface area contributed by atoms with Gasteiger partial charge in [0.15, 0.2) is 17.6 Å². The largest absolute Gasteiger partial charge is 0.493 e. The molecule has 2 amide bonds. The van der Waals surface area contributed by atoms with Gasteiger partial charge in [-0.25, -0.2) is 0 Å². The maximum Gasteiger partial charge on any atom is 0.265 e. The highest BCUT2D eigenvalue weighted by molar-refractivity contribution is 5.86. The highest BCUT2D eigenvalue weighted by Gasteiger charge is 2.34. The van der Waals surface area contributed by atoms with Gasteiger partial charge in [0.2, 0.25) is 5.91 Å². The van der Waals surface area contributed by atoms with Crippen LogP contribution in [0.1, 0.15) is 24.8 Å². The van der Waals surface area contributed by atoms with E-state index in [4.69, 9.17) is 14.2 Å². The van der Waals surface area contributed by atoms with Crippen LogP contribution >= 0.6 is 0 Å². The number of para-hydroxylation sites is 2. The number of hydrogen-bond acceptors (Lipinski definition) is 6. The molecule has 1 unspecified atom stereocenters. The van der Waals surface area contributed by atoms with Crippen molar-refractivity contribution in [3.8, 4) is 17.2 Å². The zero-order chi connectivity index (χ0) is 23.9. The lowest BCUT2D eigenvalue weighted by Crippen LogP contribution is -2.53. The molecule has 0 bridgehead atoms. The van der Waals surface area contributed by atoms with Crippen LogP contribution in [0, 0.1) is 0 Å². The number of piperidine rings is 1. The van der Waals surface area contributed by atoms with Gasteiger partial charge in [-0.3, -0.25) is 9.59 Å². The molecule has 0 saturated carbocycles. The van der Waals surface area contributed by atoms with Crippen molar-refractivity contribution in [2.24, 2.45) is 0 Å². The second kappa shape index (κ2) is 11.1. The van der Waals surface area contributed by atoms with Crippen LogP contribution < -0.4 is 24.4 Å². The molecule has 0 radical (unpaired) electrons. The molecule has 182 valence electrons. The Balaban J connectivity index is 1.35. The molecular formula is C26H33N3O5. The fraction of sp³-hybridized carbons (Fsp3) is 0.462. The van der Waals surface area contributed by atoms with Crippen LogP contribution in [0.2, 0.25) is 0 Å². The first-order valence-electron chi connectivity index (χ1n) is 11.9. The number of methoxy groups -OCH3 is 2. The van der Waals surface area contributed by atoms with E-state index in [0.717, 1.165) is 43.6 Å². The van der Waals surface area contributed by atoms with E-state index in [9.17, 15) is 9.59 Å². The Labute approximate surface area is 200 Å². The van der Waals surface area contributed by atoms with Crippen molar-refractivity contribution in [3.05, 3.63) is 48.0 Å². The second-order valence-electron chi connectivity index (χ2n) is 8.63. The quantitative estimate of drug-likeness (QED) is 0.643. The van der Waals surface area contributed by atoms with Crippen LogP contribution in [0.15, 0.2) is 42.5 Å². The van der Waals surface area contributed by atoms with E-state index >= 15 is 0 Å². The van der Waals surface area contributed by atoms with E-state index in [0.29, 0.717) is 36.8 Å². The van der Waals surface area contributed by atoms with Gasteiger partial charge in [0.1, 0.15) is 5.75 Å². The Bertz CT molecular complexity index is 1010. The Morgan fingerprint density at radius 1 is 1.03 bits per heavy atom. The lowest BCUT2D eigenvalue weighted by atomic mass is 10.1. The van der Waals surface area contributed by atoms with Gasteiger partial charge in [0.25, 0.3) is 5.91 Å². The number of likely N-dealkylation sites (tertiary alicyclic amines) is 1. The number of carbonyl (C=O) groups is 2. The minimum atomic E-state index is -0.604. The molecule has 0 aromatic heterocycles. The van der Waals surface area contributed by atoms with Crippen LogP contribution in [0.25, 0.3) is 0 Å². The van der Waals surface area contributed by atoms with E-state index in [1.54, 1.807) is 14.2 Å². The van der Waals surface area contributed by atoms with Crippen molar-refractivity contribution in [3.63, 3.8) is 0 Å². The van der Waals surface area contributed by atoms with Crippen molar-refractivity contribution < 1.29 is 23.8 Å². The molecule has 0 aliphatic carbocycles. The molecule has 8 heteroatoms. The Kier molecular flexibility index (Phi) is 7.77. The summed E-state index contributed by atoms with van der Waals surface area (Å²) in [6, 6.07) is 13.3. The molecule has 1 N–H and O–H groups in total. The summed E-state index contributed by atoms with van der Waals surface area (Å²) >= 11 is 0. The average molecular weight is 468 g/mol. The van der Waals surface area contributed by atoms with Crippen LogP contribution in [0.4, 0.5) is 5.69 Å². The standard InChI is InChI=1S/C26H33N3O5/c1-32-22-11-10-19(16-23(22)33-2)12-13-27-25(30)18-29-17-24(26(31)28-14-6-3-7-15-28)34-21-9-5-4-8-20(21)29/h4-5,8-11,16,24H,3,6-7,12-15,17-18H2,1-2H3,(H,27,30). The maximum absolute atomic E-state index is 13.1. The minimum Gasteiger partial charge on any atom is -0.493 e. The molecule has 8 nitrogen and oxygen atoms in total. The molecule has 2 aliphatic rings. The molecule has 2 aromatic rings. The summed E-state index contributed by atoms with van der Waals surface area (Å²) < 4.78 is 16.7. The number of nitrogens with zero attached hydrogens (tertiary/aromatic N) is 2. The van der Waals surface area contributed by atoms with Crippen LogP contribution in [0.3, 0.4) is 0 Å². The third kappa shape index (κ3) is 5.55. The first-order valence-corrected chi connectivity index (χ1v) is 11.9. The van der Waals surface area contributed by atoms with Crippen LogP contribution in [-0.4, -0.2) is 69.8 Å². The van der Waals surface area contributed by atoms with Gasteiger partial charge in [-0.1, -0.05) is 18.2 Å². The predicted molar refractivity (Wildman–Crippen MR) is 130 cm³/mol. The zero-order valence-electron chi connectivity index (χ0n) is 19.9. The minimum absolute atomic E-state index is 0.00747. The summed E-state index contributed by atoms with van der Waals surface area (Å²) in [4.78, 5) is 29.7. The van der Waals surface area contributed by atoms with Gasteiger partial charge in [-0.15, -0.1) is 0 Å². The third-order valence-corrected chi connectivity index (χ3v) is 6.32. The van der Waals surface area contributed by atoms with E-state index in [-0.39, 0.29) is 18.4 Å². The normalized spacial score (nSPS) is 17.4. The summed E-state index contributed by atoms with van der Waals surface area (Å²) in [7, 11) is 3.21. The fourth-order valence-electron chi connectivity index (χ4n) is 4.51. The number of hydrogen-bond donors (Lipinski definition) is 1. The fourth-order valence-corrected chi connectivity index (χ4v) is 4.51. The zero-order valence-corrected chi connectivity index (χ0v) is 19.9. The topological polar surface area (TPSA) is 80.3 Å². The lowest BCUT2D eigenvalue weighted by Gasteiger charge is -2.38. The summed E-state index contributed by atoms with van der Waals surface area (Å²) in [5.41, 5.74) is 1.88. The van der Waals surface area contributed by atoms with Gasteiger partial charge >= 0.3 is 0 Å². The monoisotopic (exact) mass is 467 g/mol. The number of carbonyl (C=O) groups excluding carboxylic acids is 2. The molecule has 2 aromatic carbocycles. The average Bonchev–Trinajstić information content (AvgIpc) is 2.88. The van der Waals surface area contributed by atoms with E-state index in [2.05, 4.69) is 5.32 Å². The predicted octanol–water partition coefficient (Wildman–Crippen LogP) is 2.64. The van der Waals surface area contributed by atoms with Crippen molar-refractivity contribution >= 4 is 17.5 Å². The van der Waals surface area contributed by atoms with Crippen LogP contribution in [-0.2, 0) is 16.0 Å². The second-order valence-corrected chi connectivity index (χ2v) is 8.63. The maximum atomic E-state index is 13.1. The summed E-state index contributed by atoms with van der Waals surface area (Å²) in [6.45, 7) is 2.57. The first kappa shape index (κ1) is 23.7. The lowest BCUT2D eigenvalue weighted by molar-refractivity contribution is -0.139. The van der Waals surface area contributed by atoms with Gasteiger partial charge in [-0.2, -0.15) is 0 Å². The molecule has 4 rings (SSSR count). The number of rotatable bonds is 8. The van der Waals surface area contributed by atoms with E-state index < -0.39 is 6.10 Å². The molecule has 34 heavy (non-hydrogen) atoms. The van der Waals surface area contributed by atoms with Crippen molar-refractivity contribution in [1.82, 2.24) is 10.2 Å². The van der Waals surface area contributed by atoms with E-state index in [1.165, 1.54) is 0 Å². The third-order valence-electron chi connectivity index (χ3n) is 6.32. The summed E-state index contributed by atoms with van der Waals surface area (Å²) in [6.07, 6.45) is 3.28. The SMILES string of the molecule is COc1ccc(CCNC(=O)CN2CC(C(=O)N3CCCCC3)Oc3ccccc32)cc1OC. The van der Waals surface area contributed by atoms with Gasteiger partial charge < -0.3 is 29.3 Å². The van der Waals surface area contributed by atoms with E-state index in [1.807, 2.05) is 52.3 Å². The molecular weight excluding hydrogens is 434 g/mol. The molecule has 1 saturated heterocycles. The number of amides is 2. The number of nitrogens with one attached hydrogen (secondary N) is 1. The summed E-state index contributed by atoms with van der Waals surface area (Å²) in [5, 5.41) is 2.99. The van der Waals surface area contributed by atoms with Gasteiger partial charge in [0, 0.05) is 19.6 Å². The number of ether oxygens (including phenoxy) is 3. The molecule has 0 spiro atoms. The van der Waals surface area contributed by atoms with Crippen molar-refractivity contribution in [2.45, 2.75) is 31.8 Å². The first-order chi connectivity index (χ1) is 16.6. The smallest absolute Gasteiger partial charge is 0.265 e. The summed E-state index contributed by atoms with van der Waals surface area (Å²) in [5.74, 6) is 1.90. The molecule has 2 aliphatic heterocycles. The Morgan fingerprint density at radius 3 is 2.56 bits per heavy atom. The number of benzene rings is 2. The highest BCUT2D eigenvalue weighted by Crippen LogP contribution is 2.33. The molecule has 1 atom stereocenters. The van der Waals surface area contributed by atoms with Gasteiger partial charge in [0.05, 0.1) is 33.0 Å². The number of anilines is 1. The van der Waals surface area contributed by atoms with Crippen molar-refractivity contribution in [2.75, 3.05) is 51.8 Å². The Morgan fingerprint density at radius 2 is 1.79 bits per heavy atom. The Hall–Kier alpha value is -3.42. The highest BCUT2D eigenvalue weighted by atomic mass is 16.5. The van der Waals surface area contributed by atoms with Crippen molar-refractivity contribution in [1.29, 1.82) is 0 Å².